The van der Waals surface area contributed by atoms with E-state index in [1.807, 2.05) is 0 Å². The van der Waals surface area contributed by atoms with Crippen molar-refractivity contribution in [3.8, 4) is 28.6 Å². The van der Waals surface area contributed by atoms with Gasteiger partial charge in [-0.2, -0.15) is 18.2 Å². The van der Waals surface area contributed by atoms with Gasteiger partial charge in [-0.05, 0) is 43.3 Å². The molecule has 12 heteroatoms. The predicted octanol–water partition coefficient (Wildman–Crippen LogP) is 5.97. The van der Waals surface area contributed by atoms with Crippen molar-refractivity contribution in [3.05, 3.63) is 48.3 Å². The molecule has 0 aliphatic heterocycles. The first-order chi connectivity index (χ1) is 14.2. The van der Waals surface area contributed by atoms with E-state index in [1.165, 1.54) is 12.4 Å². The molecular formula is C19H14ClF5N4O2. The molecule has 0 spiro atoms. The first kappa shape index (κ1) is 22.5. The fourth-order valence-electron chi connectivity index (χ4n) is 2.75. The summed E-state index contributed by atoms with van der Waals surface area (Å²) in [6, 6.07) is 8.49. The number of aromatic amines is 1. The Balaban J connectivity index is 0.00000272. The summed E-state index contributed by atoms with van der Waals surface area (Å²) in [6.07, 6.45) is -8.46. The number of imidazole rings is 1. The van der Waals surface area contributed by atoms with Gasteiger partial charge in [0.2, 0.25) is 5.82 Å². The van der Waals surface area contributed by atoms with Gasteiger partial charge in [0.25, 0.3) is 12.3 Å². The monoisotopic (exact) mass is 460 g/mol. The number of H-pyrrole nitrogens is 1. The van der Waals surface area contributed by atoms with Gasteiger partial charge in [0, 0.05) is 11.1 Å². The second kappa shape index (κ2) is 8.50. The minimum Gasteiger partial charge on any atom is -0.481 e. The maximum absolute atomic E-state index is 13.4. The van der Waals surface area contributed by atoms with Gasteiger partial charge < -0.3 is 14.2 Å². The second-order valence-corrected chi connectivity index (χ2v) is 6.41. The number of rotatable bonds is 5. The molecule has 31 heavy (non-hydrogen) atoms. The van der Waals surface area contributed by atoms with Crippen LogP contribution in [0.25, 0.3) is 33.9 Å². The van der Waals surface area contributed by atoms with E-state index in [4.69, 9.17) is 4.52 Å². The van der Waals surface area contributed by atoms with Gasteiger partial charge in [-0.15, -0.1) is 12.4 Å². The molecule has 0 saturated carbocycles. The van der Waals surface area contributed by atoms with Crippen LogP contribution in [0.15, 0.2) is 47.2 Å². The number of nitrogens with zero attached hydrogens (tertiary/aromatic N) is 3. The number of hydrogen-bond acceptors (Lipinski definition) is 5. The van der Waals surface area contributed by atoms with Crippen molar-refractivity contribution in [1.29, 1.82) is 0 Å². The van der Waals surface area contributed by atoms with Crippen molar-refractivity contribution in [2.45, 2.75) is 25.6 Å². The summed E-state index contributed by atoms with van der Waals surface area (Å²) < 4.78 is 74.8. The average Bonchev–Trinajstić information content (AvgIpc) is 3.36. The van der Waals surface area contributed by atoms with Crippen LogP contribution in [-0.2, 0) is 0 Å². The van der Waals surface area contributed by atoms with Gasteiger partial charge in [0.05, 0.1) is 22.9 Å². The number of hydrogen-bond donors (Lipinski definition) is 1. The standard InChI is InChI=1S/C19H13F5N4O2.ClH/c1-9(19(22,23)24)29-15-5-3-11(6-12(15)16(20)21)18-27-17(28-30-18)10-2-4-13-14(7-10)26-8-25-13;/h2-9,16H,1H3,(H,25,26);1H. The molecule has 0 radical (unpaired) electrons. The molecule has 0 bridgehead atoms. The third-order valence-electron chi connectivity index (χ3n) is 4.36. The van der Waals surface area contributed by atoms with Crippen molar-refractivity contribution in [2.75, 3.05) is 0 Å². The number of alkyl halides is 5. The van der Waals surface area contributed by atoms with Crippen LogP contribution in [0.4, 0.5) is 22.0 Å². The fraction of sp³-hybridized carbons (Fsp3) is 0.211. The molecule has 1 atom stereocenters. The molecular weight excluding hydrogens is 447 g/mol. The van der Waals surface area contributed by atoms with E-state index >= 15 is 0 Å². The summed E-state index contributed by atoms with van der Waals surface area (Å²) in [6.45, 7) is 0.740. The maximum atomic E-state index is 13.4. The van der Waals surface area contributed by atoms with Gasteiger partial charge in [-0.1, -0.05) is 5.16 Å². The molecule has 164 valence electrons. The smallest absolute Gasteiger partial charge is 0.425 e. The first-order valence-electron chi connectivity index (χ1n) is 8.65. The van der Waals surface area contributed by atoms with E-state index in [-0.39, 0.29) is 29.7 Å². The lowest BCUT2D eigenvalue weighted by Crippen LogP contribution is -2.31. The molecule has 1 unspecified atom stereocenters. The molecule has 1 N–H and O–H groups in total. The van der Waals surface area contributed by atoms with Crippen molar-refractivity contribution in [1.82, 2.24) is 20.1 Å². The fourth-order valence-corrected chi connectivity index (χ4v) is 2.75. The van der Waals surface area contributed by atoms with Crippen molar-refractivity contribution < 1.29 is 31.2 Å². The summed E-state index contributed by atoms with van der Waals surface area (Å²) in [5.74, 6) is -0.416. The van der Waals surface area contributed by atoms with Crippen LogP contribution in [0.1, 0.15) is 18.9 Å². The molecule has 0 saturated heterocycles. The second-order valence-electron chi connectivity index (χ2n) is 6.41. The van der Waals surface area contributed by atoms with E-state index in [9.17, 15) is 22.0 Å². The third-order valence-corrected chi connectivity index (χ3v) is 4.36. The molecule has 2 heterocycles. The molecule has 6 nitrogen and oxygen atoms in total. The maximum Gasteiger partial charge on any atom is 0.425 e. The van der Waals surface area contributed by atoms with E-state index in [0.29, 0.717) is 5.56 Å². The van der Waals surface area contributed by atoms with Crippen LogP contribution in [0.2, 0.25) is 0 Å². The Hall–Kier alpha value is -3.21. The first-order valence-corrected chi connectivity index (χ1v) is 8.65. The van der Waals surface area contributed by atoms with Gasteiger partial charge in [0.1, 0.15) is 5.75 Å². The minimum atomic E-state index is -4.69. The average molecular weight is 461 g/mol. The van der Waals surface area contributed by atoms with Crippen LogP contribution in [0.5, 0.6) is 5.75 Å². The number of fused-ring (bicyclic) bond motifs is 1. The number of halogens is 6. The number of aromatic nitrogens is 4. The number of nitrogens with one attached hydrogen (secondary N) is 1. The largest absolute Gasteiger partial charge is 0.481 e. The Bertz CT molecular complexity index is 1190. The summed E-state index contributed by atoms with van der Waals surface area (Å²) in [4.78, 5) is 11.2. The van der Waals surface area contributed by atoms with Crippen molar-refractivity contribution >= 4 is 23.4 Å². The number of ether oxygens (including phenoxy) is 1. The molecule has 0 amide bonds. The highest BCUT2D eigenvalue weighted by molar-refractivity contribution is 5.85. The highest BCUT2D eigenvalue weighted by Crippen LogP contribution is 2.36. The Morgan fingerprint density at radius 1 is 1.06 bits per heavy atom. The van der Waals surface area contributed by atoms with Gasteiger partial charge in [0.15, 0.2) is 6.10 Å². The molecule has 2 aromatic carbocycles. The van der Waals surface area contributed by atoms with E-state index < -0.39 is 30.0 Å². The molecule has 0 aliphatic rings. The lowest BCUT2D eigenvalue weighted by Gasteiger charge is -2.19. The zero-order chi connectivity index (χ0) is 21.5. The Morgan fingerprint density at radius 3 is 2.52 bits per heavy atom. The molecule has 4 rings (SSSR count). The zero-order valence-electron chi connectivity index (χ0n) is 15.7. The summed E-state index contributed by atoms with van der Waals surface area (Å²) in [5, 5.41) is 3.84. The SMILES string of the molecule is CC(Oc1ccc(-c2nc(-c3ccc4nc[nH]c4c3)no2)cc1C(F)F)C(F)(F)F.Cl. The Morgan fingerprint density at radius 2 is 1.81 bits per heavy atom. The van der Waals surface area contributed by atoms with Crippen LogP contribution < -0.4 is 4.74 Å². The van der Waals surface area contributed by atoms with Crippen molar-refractivity contribution in [3.63, 3.8) is 0 Å². The van der Waals surface area contributed by atoms with E-state index in [2.05, 4.69) is 24.8 Å². The normalized spacial score (nSPS) is 12.7. The Kier molecular flexibility index (Phi) is 6.16. The zero-order valence-corrected chi connectivity index (χ0v) is 16.5. The topological polar surface area (TPSA) is 76.8 Å². The molecule has 0 aliphatic carbocycles. The quantitative estimate of drug-likeness (QED) is 0.371. The third kappa shape index (κ3) is 4.61. The van der Waals surface area contributed by atoms with Crippen LogP contribution in [0.3, 0.4) is 0 Å². The molecule has 0 fully saturated rings. The van der Waals surface area contributed by atoms with E-state index in [0.717, 1.165) is 30.1 Å². The summed E-state index contributed by atoms with van der Waals surface area (Å²) in [5.41, 5.74) is 1.52. The van der Waals surface area contributed by atoms with Crippen LogP contribution >= 0.6 is 12.4 Å². The van der Waals surface area contributed by atoms with Crippen LogP contribution in [0, 0.1) is 0 Å². The van der Waals surface area contributed by atoms with Gasteiger partial charge in [-0.25, -0.2) is 13.8 Å². The van der Waals surface area contributed by atoms with E-state index in [1.54, 1.807) is 18.2 Å². The number of benzene rings is 2. The van der Waals surface area contributed by atoms with Crippen LogP contribution in [-0.4, -0.2) is 32.4 Å². The lowest BCUT2D eigenvalue weighted by molar-refractivity contribution is -0.189. The lowest BCUT2D eigenvalue weighted by atomic mass is 10.1. The summed E-state index contributed by atoms with van der Waals surface area (Å²) in [7, 11) is 0. The van der Waals surface area contributed by atoms with Gasteiger partial charge in [-0.3, -0.25) is 0 Å². The molecule has 2 aromatic heterocycles. The highest BCUT2D eigenvalue weighted by Gasteiger charge is 2.38. The summed E-state index contributed by atoms with van der Waals surface area (Å²) >= 11 is 0. The highest BCUT2D eigenvalue weighted by atomic mass is 35.5. The predicted molar refractivity (Wildman–Crippen MR) is 103 cm³/mol. The molecule has 4 aromatic rings. The minimum absolute atomic E-state index is 0. The van der Waals surface area contributed by atoms with Gasteiger partial charge >= 0.3 is 6.18 Å². The van der Waals surface area contributed by atoms with Crippen molar-refractivity contribution in [2.24, 2.45) is 0 Å². The Labute approximate surface area is 177 Å².